The molecule has 98 valence electrons. The fourth-order valence-corrected chi connectivity index (χ4v) is 3.52. The van der Waals surface area contributed by atoms with Crippen LogP contribution in [0.2, 0.25) is 0 Å². The van der Waals surface area contributed by atoms with Crippen LogP contribution >= 0.6 is 0 Å². The highest BCUT2D eigenvalue weighted by Gasteiger charge is 2.42. The maximum absolute atomic E-state index is 6.37. The number of aryl methyl sites for hydroxylation is 1. The fraction of sp³-hybridized carbons (Fsp3) is 0.625. The highest BCUT2D eigenvalue weighted by atomic mass is 16.5. The van der Waals surface area contributed by atoms with E-state index in [0.29, 0.717) is 6.04 Å². The van der Waals surface area contributed by atoms with Crippen LogP contribution < -0.4 is 10.1 Å². The predicted octanol–water partition coefficient (Wildman–Crippen LogP) is 3.60. The second kappa shape index (κ2) is 4.58. The normalized spacial score (nSPS) is 24.9. The van der Waals surface area contributed by atoms with Crippen molar-refractivity contribution in [3.63, 3.8) is 0 Å². The summed E-state index contributed by atoms with van der Waals surface area (Å²) in [5, 5.41) is 3.48. The molecule has 1 N–H and O–H groups in total. The molecule has 1 atom stereocenters. The van der Waals surface area contributed by atoms with Crippen molar-refractivity contribution in [1.82, 2.24) is 5.32 Å². The van der Waals surface area contributed by atoms with Crippen LogP contribution in [0.5, 0.6) is 5.75 Å². The van der Waals surface area contributed by atoms with Gasteiger partial charge in [0.25, 0.3) is 0 Å². The molecule has 0 saturated heterocycles. The van der Waals surface area contributed by atoms with Gasteiger partial charge in [0.1, 0.15) is 11.4 Å². The molecule has 1 aliphatic heterocycles. The molecule has 0 amide bonds. The second-order valence-corrected chi connectivity index (χ2v) is 5.76. The van der Waals surface area contributed by atoms with Gasteiger partial charge in [-0.2, -0.15) is 0 Å². The number of hydrogen-bond donors (Lipinski definition) is 1. The molecule has 0 aromatic heterocycles. The minimum atomic E-state index is 0.119. The number of benzene rings is 1. The summed E-state index contributed by atoms with van der Waals surface area (Å²) in [6.45, 7) is 2.21. The van der Waals surface area contributed by atoms with Crippen LogP contribution in [0, 0.1) is 0 Å². The van der Waals surface area contributed by atoms with Gasteiger partial charge in [0, 0.05) is 18.0 Å². The molecule has 1 heterocycles. The largest absolute Gasteiger partial charge is 0.487 e. The fourth-order valence-electron chi connectivity index (χ4n) is 3.52. The van der Waals surface area contributed by atoms with E-state index in [0.717, 1.165) is 18.6 Å². The molecule has 18 heavy (non-hydrogen) atoms. The van der Waals surface area contributed by atoms with Crippen LogP contribution in [0.1, 0.15) is 56.2 Å². The lowest BCUT2D eigenvalue weighted by Gasteiger charge is -2.40. The molecule has 0 radical (unpaired) electrons. The smallest absolute Gasteiger partial charge is 0.124 e. The zero-order valence-electron chi connectivity index (χ0n) is 11.5. The van der Waals surface area contributed by atoms with Gasteiger partial charge in [-0.15, -0.1) is 0 Å². The van der Waals surface area contributed by atoms with Gasteiger partial charge in [-0.25, -0.2) is 0 Å². The van der Waals surface area contributed by atoms with Crippen molar-refractivity contribution in [1.29, 1.82) is 0 Å². The highest BCUT2D eigenvalue weighted by Crippen LogP contribution is 2.47. The Bertz CT molecular complexity index is 435. The van der Waals surface area contributed by atoms with Gasteiger partial charge in [-0.1, -0.05) is 19.1 Å². The van der Waals surface area contributed by atoms with Crippen molar-refractivity contribution in [2.75, 3.05) is 7.05 Å². The summed E-state index contributed by atoms with van der Waals surface area (Å²) < 4.78 is 6.37. The predicted molar refractivity (Wildman–Crippen MR) is 74.1 cm³/mol. The molecule has 1 aliphatic carbocycles. The Hall–Kier alpha value is -1.02. The van der Waals surface area contributed by atoms with Crippen LogP contribution in [-0.2, 0) is 6.42 Å². The Morgan fingerprint density at radius 1 is 1.33 bits per heavy atom. The minimum Gasteiger partial charge on any atom is -0.487 e. The quantitative estimate of drug-likeness (QED) is 0.859. The first-order valence-corrected chi connectivity index (χ1v) is 7.25. The van der Waals surface area contributed by atoms with Gasteiger partial charge in [0.05, 0.1) is 0 Å². The van der Waals surface area contributed by atoms with E-state index >= 15 is 0 Å². The third-order valence-electron chi connectivity index (χ3n) is 4.62. The minimum absolute atomic E-state index is 0.119. The molecule has 1 saturated carbocycles. The SMILES string of the molecule is CCc1ccc2c(c1)C(NC)CC1(CCCC1)O2. The number of ether oxygens (including phenoxy) is 1. The lowest BCUT2D eigenvalue weighted by Crippen LogP contribution is -2.41. The van der Waals surface area contributed by atoms with Crippen LogP contribution in [0.15, 0.2) is 18.2 Å². The summed E-state index contributed by atoms with van der Waals surface area (Å²) in [4.78, 5) is 0. The van der Waals surface area contributed by atoms with Crippen molar-refractivity contribution in [3.8, 4) is 5.75 Å². The van der Waals surface area contributed by atoms with E-state index in [1.54, 1.807) is 0 Å². The van der Waals surface area contributed by atoms with Crippen LogP contribution in [0.4, 0.5) is 0 Å². The van der Waals surface area contributed by atoms with Gasteiger partial charge in [-0.3, -0.25) is 0 Å². The van der Waals surface area contributed by atoms with E-state index in [9.17, 15) is 0 Å². The molecular formula is C16H23NO. The van der Waals surface area contributed by atoms with E-state index in [4.69, 9.17) is 4.74 Å². The molecule has 1 unspecified atom stereocenters. The summed E-state index contributed by atoms with van der Waals surface area (Å²) in [5.41, 5.74) is 2.88. The first-order chi connectivity index (χ1) is 8.76. The Kier molecular flexibility index (Phi) is 3.06. The zero-order valence-corrected chi connectivity index (χ0v) is 11.5. The van der Waals surface area contributed by atoms with Gasteiger partial charge >= 0.3 is 0 Å². The van der Waals surface area contributed by atoms with E-state index in [2.05, 4.69) is 37.5 Å². The summed E-state index contributed by atoms with van der Waals surface area (Å²) in [5.74, 6) is 1.11. The molecule has 3 rings (SSSR count). The number of hydrogen-bond acceptors (Lipinski definition) is 2. The molecule has 0 bridgehead atoms. The third kappa shape index (κ3) is 1.93. The van der Waals surface area contributed by atoms with Crippen molar-refractivity contribution < 1.29 is 4.74 Å². The molecule has 2 heteroatoms. The molecule has 1 fully saturated rings. The topological polar surface area (TPSA) is 21.3 Å². The zero-order chi connectivity index (χ0) is 12.6. The number of fused-ring (bicyclic) bond motifs is 1. The third-order valence-corrected chi connectivity index (χ3v) is 4.62. The summed E-state index contributed by atoms with van der Waals surface area (Å²) in [6.07, 6.45) is 7.30. The Labute approximate surface area is 110 Å². The van der Waals surface area contributed by atoms with Crippen LogP contribution in [0.25, 0.3) is 0 Å². The number of rotatable bonds is 2. The Balaban J connectivity index is 1.98. The lowest BCUT2D eigenvalue weighted by atomic mass is 9.85. The molecule has 1 spiro atoms. The second-order valence-electron chi connectivity index (χ2n) is 5.76. The molecule has 1 aromatic carbocycles. The van der Waals surface area contributed by atoms with Gasteiger partial charge in [-0.05, 0) is 50.8 Å². The van der Waals surface area contributed by atoms with Gasteiger partial charge in [0.15, 0.2) is 0 Å². The van der Waals surface area contributed by atoms with E-state index < -0.39 is 0 Å². The van der Waals surface area contributed by atoms with E-state index in [-0.39, 0.29) is 5.60 Å². The first kappa shape index (κ1) is 12.0. The first-order valence-electron chi connectivity index (χ1n) is 7.25. The molecule has 2 aliphatic rings. The Morgan fingerprint density at radius 3 is 2.78 bits per heavy atom. The summed E-state index contributed by atoms with van der Waals surface area (Å²) in [7, 11) is 2.07. The maximum Gasteiger partial charge on any atom is 0.124 e. The van der Waals surface area contributed by atoms with Crippen LogP contribution in [0.3, 0.4) is 0 Å². The molecule has 1 aromatic rings. The number of nitrogens with one attached hydrogen (secondary N) is 1. The van der Waals surface area contributed by atoms with Crippen molar-refractivity contribution in [3.05, 3.63) is 29.3 Å². The van der Waals surface area contributed by atoms with E-state index in [1.165, 1.54) is 36.8 Å². The van der Waals surface area contributed by atoms with Gasteiger partial charge in [0.2, 0.25) is 0 Å². The average Bonchev–Trinajstić information content (AvgIpc) is 2.85. The van der Waals surface area contributed by atoms with E-state index in [1.807, 2.05) is 0 Å². The Morgan fingerprint density at radius 2 is 2.11 bits per heavy atom. The standard InChI is InChI=1S/C16H23NO/c1-3-12-6-7-15-13(10-12)14(17-2)11-16(18-15)8-4-5-9-16/h6-7,10,14,17H,3-5,8-9,11H2,1-2H3. The van der Waals surface area contributed by atoms with Crippen molar-refractivity contribution in [2.45, 2.75) is 57.1 Å². The van der Waals surface area contributed by atoms with Crippen LogP contribution in [-0.4, -0.2) is 12.6 Å². The van der Waals surface area contributed by atoms with Crippen molar-refractivity contribution in [2.24, 2.45) is 0 Å². The molecular weight excluding hydrogens is 222 g/mol. The summed E-state index contributed by atoms with van der Waals surface area (Å²) in [6, 6.07) is 7.16. The highest BCUT2D eigenvalue weighted by molar-refractivity contribution is 5.42. The maximum atomic E-state index is 6.37. The average molecular weight is 245 g/mol. The summed E-state index contributed by atoms with van der Waals surface area (Å²) >= 11 is 0. The van der Waals surface area contributed by atoms with Gasteiger partial charge < -0.3 is 10.1 Å². The lowest BCUT2D eigenvalue weighted by molar-refractivity contribution is 0.0379. The van der Waals surface area contributed by atoms with Crippen molar-refractivity contribution >= 4 is 0 Å². The monoisotopic (exact) mass is 245 g/mol. The molecule has 2 nitrogen and oxygen atoms in total.